The summed E-state index contributed by atoms with van der Waals surface area (Å²) in [6, 6.07) is 6.20. The van der Waals surface area contributed by atoms with E-state index in [9.17, 15) is 19.6 Å². The molecule has 0 atom stereocenters. The number of aromatic nitrogens is 1. The van der Waals surface area contributed by atoms with Crippen LogP contribution in [0, 0.1) is 18.8 Å². The lowest BCUT2D eigenvalue weighted by Crippen LogP contribution is -2.15. The Morgan fingerprint density at radius 2 is 1.74 bits per heavy atom. The lowest BCUT2D eigenvalue weighted by molar-refractivity contribution is 0.0600. The zero-order chi connectivity index (χ0) is 17.1. The Balaban J connectivity index is 3.01. The molecular weight excluding hydrogens is 300 g/mol. The van der Waals surface area contributed by atoms with Crippen molar-refractivity contribution in [1.29, 1.82) is 0 Å². The van der Waals surface area contributed by atoms with E-state index in [1.807, 2.05) is 0 Å². The van der Waals surface area contributed by atoms with Gasteiger partial charge in [0.05, 0.1) is 29.6 Å². The summed E-state index contributed by atoms with van der Waals surface area (Å²) < 4.78 is 4.75. The molecule has 0 fully saturated rings. The standard InChI is InChI=1S/C16H14N2O5/c1-8-12(15(19)20)14(10-6-4-5-7-11(10)18-22)13(9(2)17-8)16(21)23-3/h4-7H,1-3H3,(H,19,20). The maximum absolute atomic E-state index is 12.2. The fourth-order valence-corrected chi connectivity index (χ4v) is 2.50. The molecule has 0 aliphatic rings. The quantitative estimate of drug-likeness (QED) is 0.686. The number of nitroso groups, excluding NO2 is 1. The molecule has 0 aliphatic carbocycles. The number of benzene rings is 1. The van der Waals surface area contributed by atoms with E-state index in [0.29, 0.717) is 5.69 Å². The first kappa shape index (κ1) is 16.3. The van der Waals surface area contributed by atoms with Gasteiger partial charge in [0, 0.05) is 11.1 Å². The van der Waals surface area contributed by atoms with Gasteiger partial charge in [-0.25, -0.2) is 9.59 Å². The summed E-state index contributed by atoms with van der Waals surface area (Å²) in [7, 11) is 1.19. The first-order chi connectivity index (χ1) is 10.9. The highest BCUT2D eigenvalue weighted by atomic mass is 16.5. The Morgan fingerprint density at radius 3 is 2.30 bits per heavy atom. The molecule has 23 heavy (non-hydrogen) atoms. The zero-order valence-corrected chi connectivity index (χ0v) is 12.8. The van der Waals surface area contributed by atoms with Gasteiger partial charge in [-0.05, 0) is 25.1 Å². The number of carbonyl (C=O) groups is 2. The molecule has 0 radical (unpaired) electrons. The molecule has 1 aromatic carbocycles. The Bertz CT molecular complexity index is 814. The highest BCUT2D eigenvalue weighted by Crippen LogP contribution is 2.37. The Labute approximate surface area is 131 Å². The summed E-state index contributed by atoms with van der Waals surface area (Å²) in [5, 5.41) is 12.5. The van der Waals surface area contributed by atoms with Crippen LogP contribution in [0.25, 0.3) is 11.1 Å². The molecule has 1 N–H and O–H groups in total. The average molecular weight is 314 g/mol. The van der Waals surface area contributed by atoms with Crippen LogP contribution in [-0.4, -0.2) is 29.1 Å². The second-order valence-electron chi connectivity index (χ2n) is 4.81. The number of rotatable bonds is 4. The van der Waals surface area contributed by atoms with Gasteiger partial charge < -0.3 is 9.84 Å². The van der Waals surface area contributed by atoms with Crippen molar-refractivity contribution in [3.05, 3.63) is 51.7 Å². The molecule has 0 saturated carbocycles. The second kappa shape index (κ2) is 6.35. The van der Waals surface area contributed by atoms with E-state index >= 15 is 0 Å². The number of esters is 1. The monoisotopic (exact) mass is 314 g/mol. The van der Waals surface area contributed by atoms with Gasteiger partial charge in [-0.15, -0.1) is 4.91 Å². The number of hydrogen-bond donors (Lipinski definition) is 1. The first-order valence-corrected chi connectivity index (χ1v) is 6.67. The lowest BCUT2D eigenvalue weighted by atomic mass is 9.91. The van der Waals surface area contributed by atoms with E-state index in [4.69, 9.17) is 4.74 Å². The third-order valence-corrected chi connectivity index (χ3v) is 3.43. The molecule has 0 spiro atoms. The number of nitrogens with zero attached hydrogens (tertiary/aromatic N) is 2. The maximum Gasteiger partial charge on any atom is 0.340 e. The molecule has 2 aromatic rings. The highest BCUT2D eigenvalue weighted by Gasteiger charge is 2.27. The van der Waals surface area contributed by atoms with Gasteiger partial charge in [-0.3, -0.25) is 4.98 Å². The average Bonchev–Trinajstić information content (AvgIpc) is 2.52. The largest absolute Gasteiger partial charge is 0.478 e. The summed E-state index contributed by atoms with van der Waals surface area (Å²) in [6.07, 6.45) is 0. The molecule has 1 aromatic heterocycles. The molecule has 7 nitrogen and oxygen atoms in total. The summed E-state index contributed by atoms with van der Waals surface area (Å²) >= 11 is 0. The van der Waals surface area contributed by atoms with Crippen LogP contribution in [0.15, 0.2) is 29.4 Å². The van der Waals surface area contributed by atoms with E-state index < -0.39 is 11.9 Å². The Morgan fingerprint density at radius 1 is 1.13 bits per heavy atom. The third kappa shape index (κ3) is 2.80. The minimum absolute atomic E-state index is 0.00611. The van der Waals surface area contributed by atoms with Crippen LogP contribution in [0.5, 0.6) is 0 Å². The number of pyridine rings is 1. The van der Waals surface area contributed by atoms with Crippen LogP contribution in [-0.2, 0) is 4.74 Å². The van der Waals surface area contributed by atoms with Crippen molar-refractivity contribution in [3.63, 3.8) is 0 Å². The number of carboxylic acids is 1. The van der Waals surface area contributed by atoms with Gasteiger partial charge in [-0.2, -0.15) is 0 Å². The van der Waals surface area contributed by atoms with Crippen molar-refractivity contribution in [2.75, 3.05) is 7.11 Å². The predicted molar refractivity (Wildman–Crippen MR) is 82.9 cm³/mol. The molecular formula is C16H14N2O5. The van der Waals surface area contributed by atoms with Crippen molar-refractivity contribution >= 4 is 17.6 Å². The Kier molecular flexibility index (Phi) is 4.49. The SMILES string of the molecule is COC(=O)c1c(C)nc(C)c(C(=O)O)c1-c1ccccc1N=O. The molecule has 1 heterocycles. The third-order valence-electron chi connectivity index (χ3n) is 3.43. The van der Waals surface area contributed by atoms with Crippen LogP contribution in [0.3, 0.4) is 0 Å². The molecule has 0 bridgehead atoms. The summed E-state index contributed by atoms with van der Waals surface area (Å²) in [4.78, 5) is 39.0. The number of methoxy groups -OCH3 is 1. The summed E-state index contributed by atoms with van der Waals surface area (Å²) in [5.74, 6) is -1.98. The van der Waals surface area contributed by atoms with Crippen molar-refractivity contribution in [3.8, 4) is 11.1 Å². The molecule has 7 heteroatoms. The first-order valence-electron chi connectivity index (χ1n) is 6.67. The second-order valence-corrected chi connectivity index (χ2v) is 4.81. The fraction of sp³-hybridized carbons (Fsp3) is 0.188. The topological polar surface area (TPSA) is 106 Å². The van der Waals surface area contributed by atoms with Crippen molar-refractivity contribution < 1.29 is 19.4 Å². The number of aryl methyl sites for hydroxylation is 2. The molecule has 0 aliphatic heterocycles. The highest BCUT2D eigenvalue weighted by molar-refractivity contribution is 6.08. The van der Waals surface area contributed by atoms with Crippen LogP contribution >= 0.6 is 0 Å². The number of hydrogen-bond acceptors (Lipinski definition) is 6. The summed E-state index contributed by atoms with van der Waals surface area (Å²) in [5.41, 5.74) is 0.760. The van der Waals surface area contributed by atoms with E-state index in [2.05, 4.69) is 10.2 Å². The van der Waals surface area contributed by atoms with E-state index in [-0.39, 0.29) is 33.6 Å². The molecule has 118 valence electrons. The Hall–Kier alpha value is -3.09. The van der Waals surface area contributed by atoms with E-state index in [1.54, 1.807) is 19.1 Å². The molecule has 0 unspecified atom stereocenters. The summed E-state index contributed by atoms with van der Waals surface area (Å²) in [6.45, 7) is 3.10. The van der Waals surface area contributed by atoms with Crippen LogP contribution < -0.4 is 0 Å². The van der Waals surface area contributed by atoms with Gasteiger partial charge >= 0.3 is 11.9 Å². The van der Waals surface area contributed by atoms with Crippen LogP contribution in [0.1, 0.15) is 32.1 Å². The van der Waals surface area contributed by atoms with E-state index in [1.165, 1.54) is 26.2 Å². The number of carbonyl (C=O) groups excluding carboxylic acids is 1. The fourth-order valence-electron chi connectivity index (χ4n) is 2.50. The van der Waals surface area contributed by atoms with Gasteiger partial charge in [0.1, 0.15) is 5.69 Å². The minimum atomic E-state index is -1.25. The molecule has 2 rings (SSSR count). The van der Waals surface area contributed by atoms with Crippen molar-refractivity contribution in [2.45, 2.75) is 13.8 Å². The van der Waals surface area contributed by atoms with Crippen LogP contribution in [0.4, 0.5) is 5.69 Å². The number of carboxylic acid groups (broad SMARTS) is 1. The molecule has 0 amide bonds. The predicted octanol–water partition coefficient (Wildman–Crippen LogP) is 3.25. The smallest absolute Gasteiger partial charge is 0.340 e. The number of aromatic carboxylic acids is 1. The van der Waals surface area contributed by atoms with Gasteiger partial charge in [0.25, 0.3) is 0 Å². The van der Waals surface area contributed by atoms with Crippen molar-refractivity contribution in [2.24, 2.45) is 5.18 Å². The van der Waals surface area contributed by atoms with Crippen LogP contribution in [0.2, 0.25) is 0 Å². The van der Waals surface area contributed by atoms with Gasteiger partial charge in [-0.1, -0.05) is 18.2 Å². The van der Waals surface area contributed by atoms with Gasteiger partial charge in [0.2, 0.25) is 0 Å². The molecule has 0 saturated heterocycles. The maximum atomic E-state index is 12.2. The van der Waals surface area contributed by atoms with Crippen molar-refractivity contribution in [1.82, 2.24) is 4.98 Å². The van der Waals surface area contributed by atoms with Gasteiger partial charge in [0.15, 0.2) is 0 Å². The number of ether oxygens (including phenoxy) is 1. The normalized spacial score (nSPS) is 10.2. The zero-order valence-electron chi connectivity index (χ0n) is 12.8. The van der Waals surface area contributed by atoms with E-state index in [0.717, 1.165) is 0 Å². The lowest BCUT2D eigenvalue weighted by Gasteiger charge is -2.16. The minimum Gasteiger partial charge on any atom is -0.478 e.